The van der Waals surface area contributed by atoms with Gasteiger partial charge in [-0.15, -0.1) is 11.8 Å². The number of halogens is 1. The fourth-order valence-electron chi connectivity index (χ4n) is 7.63. The second-order valence-corrected chi connectivity index (χ2v) is 12.3. The number of thioether (sulfide) groups is 1. The zero-order valence-electron chi connectivity index (χ0n) is 21.1. The van der Waals surface area contributed by atoms with Gasteiger partial charge in [-0.3, -0.25) is 14.5 Å². The standard InChI is InChI=1S/C31H28ClN3O2S/c1-34-16-22(14-20-8-4-2-5-9-20)28(36)30(18-34)27(21-10-6-3-7-11-21)26-17-38-19-35(26)31(30)24-15-23(32)12-13-25(24)33-29(31)37/h2-15,26-27H,16-19H2,1H3,(H,33,37)/b22-14+/t26-,27+,30-,31-/m0/s1. The number of hydrogen-bond donors (Lipinski definition) is 1. The van der Waals surface area contributed by atoms with Crippen LogP contribution < -0.4 is 5.32 Å². The molecule has 4 atom stereocenters. The first-order valence-electron chi connectivity index (χ1n) is 13.0. The molecular weight excluding hydrogens is 514 g/mol. The minimum atomic E-state index is -1.16. The number of nitrogens with zero attached hydrogens (tertiary/aromatic N) is 2. The van der Waals surface area contributed by atoms with E-state index in [9.17, 15) is 4.79 Å². The minimum absolute atomic E-state index is 0.0338. The van der Waals surface area contributed by atoms with Gasteiger partial charge in [0.25, 0.3) is 5.91 Å². The van der Waals surface area contributed by atoms with Crippen LogP contribution in [-0.4, -0.2) is 59.3 Å². The zero-order valence-corrected chi connectivity index (χ0v) is 22.6. The van der Waals surface area contributed by atoms with Gasteiger partial charge in [-0.2, -0.15) is 0 Å². The van der Waals surface area contributed by atoms with Crippen molar-refractivity contribution in [2.45, 2.75) is 17.5 Å². The van der Waals surface area contributed by atoms with E-state index in [4.69, 9.17) is 11.6 Å². The highest BCUT2D eigenvalue weighted by molar-refractivity contribution is 7.99. The van der Waals surface area contributed by atoms with Crippen molar-refractivity contribution in [1.82, 2.24) is 9.80 Å². The van der Waals surface area contributed by atoms with Gasteiger partial charge in [-0.05, 0) is 42.4 Å². The maximum absolute atomic E-state index is 15.2. The summed E-state index contributed by atoms with van der Waals surface area (Å²) in [5, 5.41) is 3.74. The van der Waals surface area contributed by atoms with Crippen LogP contribution in [0.2, 0.25) is 5.02 Å². The zero-order chi connectivity index (χ0) is 26.1. The molecule has 4 aliphatic heterocycles. The number of carbonyl (C=O) groups excluding carboxylic acids is 2. The summed E-state index contributed by atoms with van der Waals surface area (Å²) in [5.74, 6) is 1.33. The number of anilines is 1. The number of likely N-dealkylation sites (tertiary alicyclic amines) is 1. The highest BCUT2D eigenvalue weighted by atomic mass is 35.5. The molecule has 1 N–H and O–H groups in total. The van der Waals surface area contributed by atoms with Crippen LogP contribution in [0, 0.1) is 5.41 Å². The van der Waals surface area contributed by atoms with E-state index in [2.05, 4.69) is 34.3 Å². The Bertz CT molecular complexity index is 1480. The number of ketones is 1. The van der Waals surface area contributed by atoms with Crippen LogP contribution in [0.1, 0.15) is 22.6 Å². The number of piperidine rings is 1. The van der Waals surface area contributed by atoms with Crippen LogP contribution in [0.4, 0.5) is 5.69 Å². The van der Waals surface area contributed by atoms with Gasteiger partial charge in [0.15, 0.2) is 5.78 Å². The van der Waals surface area contributed by atoms with E-state index in [1.165, 1.54) is 0 Å². The summed E-state index contributed by atoms with van der Waals surface area (Å²) in [6.07, 6.45) is 2.01. The van der Waals surface area contributed by atoms with E-state index in [1.54, 1.807) is 0 Å². The lowest BCUT2D eigenvalue weighted by Crippen LogP contribution is -2.65. The van der Waals surface area contributed by atoms with Gasteiger partial charge in [0.05, 0.1) is 5.41 Å². The van der Waals surface area contributed by atoms with Crippen LogP contribution in [0.5, 0.6) is 0 Å². The fraction of sp³-hybridized carbons (Fsp3) is 0.290. The van der Waals surface area contributed by atoms with Gasteiger partial charge in [0, 0.05) is 58.5 Å². The molecule has 0 aromatic heterocycles. The summed E-state index contributed by atoms with van der Waals surface area (Å²) in [6.45, 7) is 1.02. The predicted octanol–water partition coefficient (Wildman–Crippen LogP) is 5.24. The first-order valence-corrected chi connectivity index (χ1v) is 14.5. The number of carbonyl (C=O) groups is 2. The summed E-state index contributed by atoms with van der Waals surface area (Å²) < 4.78 is 0. The van der Waals surface area contributed by atoms with E-state index in [0.29, 0.717) is 24.0 Å². The number of likely N-dealkylation sites (N-methyl/N-ethyl adjacent to an activating group) is 1. The summed E-state index contributed by atoms with van der Waals surface area (Å²) in [7, 11) is 2.06. The van der Waals surface area contributed by atoms with E-state index in [-0.39, 0.29) is 23.7 Å². The van der Waals surface area contributed by atoms with Crippen molar-refractivity contribution in [3.63, 3.8) is 0 Å². The van der Waals surface area contributed by atoms with Crippen molar-refractivity contribution >= 4 is 46.8 Å². The third kappa shape index (κ3) is 3.15. The first kappa shape index (κ1) is 24.2. The van der Waals surface area contributed by atoms with Gasteiger partial charge in [-0.1, -0.05) is 72.3 Å². The van der Waals surface area contributed by atoms with Gasteiger partial charge in [-0.25, -0.2) is 0 Å². The molecule has 5 nitrogen and oxygen atoms in total. The molecule has 3 aromatic rings. The topological polar surface area (TPSA) is 52.7 Å². The monoisotopic (exact) mass is 541 g/mol. The Morgan fingerprint density at radius 1 is 1.03 bits per heavy atom. The van der Waals surface area contributed by atoms with E-state index >= 15 is 4.79 Å². The van der Waals surface area contributed by atoms with Crippen molar-refractivity contribution in [3.8, 4) is 0 Å². The van der Waals surface area contributed by atoms with Crippen molar-refractivity contribution in [2.75, 3.05) is 37.1 Å². The van der Waals surface area contributed by atoms with Crippen molar-refractivity contribution in [3.05, 3.63) is 106 Å². The average molecular weight is 542 g/mol. The number of benzene rings is 3. The Labute approximate surface area is 231 Å². The number of Topliss-reactive ketones (excluding diaryl/α,β-unsaturated/α-hetero) is 1. The van der Waals surface area contributed by atoms with E-state index in [0.717, 1.165) is 33.7 Å². The molecule has 7 heteroatoms. The van der Waals surface area contributed by atoms with E-state index < -0.39 is 11.0 Å². The molecule has 0 aliphatic carbocycles. The molecule has 3 aromatic carbocycles. The Morgan fingerprint density at radius 2 is 1.76 bits per heavy atom. The highest BCUT2D eigenvalue weighted by Crippen LogP contribution is 2.68. The van der Waals surface area contributed by atoms with Gasteiger partial charge in [0.1, 0.15) is 5.54 Å². The van der Waals surface area contributed by atoms with E-state index in [1.807, 2.05) is 84.6 Å². The van der Waals surface area contributed by atoms with Crippen molar-refractivity contribution in [1.29, 1.82) is 0 Å². The number of amides is 1. The third-order valence-electron chi connectivity index (χ3n) is 8.82. The Balaban J connectivity index is 1.55. The molecule has 38 heavy (non-hydrogen) atoms. The minimum Gasteiger partial charge on any atom is -0.324 e. The smallest absolute Gasteiger partial charge is 0.250 e. The second-order valence-electron chi connectivity index (χ2n) is 10.8. The number of rotatable bonds is 2. The molecule has 0 saturated carbocycles. The lowest BCUT2D eigenvalue weighted by atomic mass is 9.55. The maximum Gasteiger partial charge on any atom is 0.250 e. The molecule has 0 bridgehead atoms. The molecule has 4 aliphatic rings. The normalized spacial score (nSPS) is 31.8. The lowest BCUT2D eigenvalue weighted by molar-refractivity contribution is -0.146. The van der Waals surface area contributed by atoms with Gasteiger partial charge >= 0.3 is 0 Å². The molecule has 2 spiro atoms. The molecular formula is C31H28ClN3O2S. The Hall–Kier alpha value is -2.90. The quantitative estimate of drug-likeness (QED) is 0.449. The summed E-state index contributed by atoms with van der Waals surface area (Å²) in [6, 6.07) is 26.0. The molecule has 0 radical (unpaired) electrons. The molecule has 7 rings (SSSR count). The lowest BCUT2D eigenvalue weighted by Gasteiger charge is -2.51. The SMILES string of the molecule is CN1C/C(=C\c2ccccc2)C(=O)[C@]2(C1)[C@H](c1ccccc1)[C@@H]1CSCN1[C@@]21C(=O)Nc2ccc(Cl)cc21. The third-order valence-corrected chi connectivity index (χ3v) is 10.1. The fourth-order valence-corrected chi connectivity index (χ4v) is 9.10. The first-order chi connectivity index (χ1) is 18.5. The highest BCUT2D eigenvalue weighted by Gasteiger charge is 2.78. The largest absolute Gasteiger partial charge is 0.324 e. The van der Waals surface area contributed by atoms with Crippen LogP contribution in [0.15, 0.2) is 84.4 Å². The molecule has 3 saturated heterocycles. The van der Waals surface area contributed by atoms with Crippen LogP contribution in [-0.2, 0) is 15.1 Å². The second kappa shape index (κ2) is 8.82. The predicted molar refractivity (Wildman–Crippen MR) is 153 cm³/mol. The Kier molecular flexibility index (Phi) is 5.61. The molecule has 1 amide bonds. The average Bonchev–Trinajstić information content (AvgIpc) is 3.56. The molecule has 4 heterocycles. The van der Waals surface area contributed by atoms with Gasteiger partial charge < -0.3 is 10.2 Å². The number of nitrogens with one attached hydrogen (secondary N) is 1. The molecule has 0 unspecified atom stereocenters. The number of fused-ring (bicyclic) bond motifs is 5. The molecule has 3 fully saturated rings. The van der Waals surface area contributed by atoms with Crippen LogP contribution >= 0.6 is 23.4 Å². The van der Waals surface area contributed by atoms with Crippen molar-refractivity contribution < 1.29 is 9.59 Å². The van der Waals surface area contributed by atoms with Crippen LogP contribution in [0.3, 0.4) is 0 Å². The summed E-state index contributed by atoms with van der Waals surface area (Å²) in [5.41, 5.74) is 2.20. The van der Waals surface area contributed by atoms with Crippen LogP contribution in [0.25, 0.3) is 6.08 Å². The van der Waals surface area contributed by atoms with Gasteiger partial charge in [0.2, 0.25) is 0 Å². The Morgan fingerprint density at radius 3 is 2.53 bits per heavy atom. The maximum atomic E-state index is 15.2. The summed E-state index contributed by atoms with van der Waals surface area (Å²) in [4.78, 5) is 34.2. The number of hydrogen-bond acceptors (Lipinski definition) is 5. The summed E-state index contributed by atoms with van der Waals surface area (Å²) >= 11 is 8.42. The molecule has 192 valence electrons. The van der Waals surface area contributed by atoms with Crippen molar-refractivity contribution in [2.24, 2.45) is 5.41 Å².